The van der Waals surface area contributed by atoms with E-state index in [0.717, 1.165) is 25.7 Å². The van der Waals surface area contributed by atoms with Crippen LogP contribution < -0.4 is 0 Å². The van der Waals surface area contributed by atoms with Crippen LogP contribution in [0.4, 0.5) is 0 Å². The molecule has 0 radical (unpaired) electrons. The molecule has 98 valence electrons. The van der Waals surface area contributed by atoms with E-state index in [9.17, 15) is 9.00 Å². The van der Waals surface area contributed by atoms with Gasteiger partial charge in [0.25, 0.3) is 0 Å². The van der Waals surface area contributed by atoms with Crippen molar-refractivity contribution in [1.29, 1.82) is 0 Å². The number of carbonyl (C=O) groups is 1. The first-order valence-electron chi connectivity index (χ1n) is 6.34. The molecule has 0 bridgehead atoms. The van der Waals surface area contributed by atoms with Gasteiger partial charge in [0, 0.05) is 22.7 Å². The lowest BCUT2D eigenvalue weighted by Gasteiger charge is -2.43. The number of hydrogen-bond acceptors (Lipinski definition) is 3. The fourth-order valence-corrected chi connectivity index (χ4v) is 4.32. The third-order valence-electron chi connectivity index (χ3n) is 3.85. The zero-order chi connectivity index (χ0) is 12.3. The SMILES string of the molecule is O=C(O)CS(=O)C1CCOC2(CCCCC2)C1. The molecule has 4 nitrogen and oxygen atoms in total. The van der Waals surface area contributed by atoms with Crippen LogP contribution in [0, 0.1) is 0 Å². The quantitative estimate of drug-likeness (QED) is 0.839. The third-order valence-corrected chi connectivity index (χ3v) is 5.53. The van der Waals surface area contributed by atoms with Gasteiger partial charge in [-0.15, -0.1) is 0 Å². The average Bonchev–Trinajstić information content (AvgIpc) is 2.29. The predicted molar refractivity (Wildman–Crippen MR) is 65.4 cm³/mol. The van der Waals surface area contributed by atoms with Crippen LogP contribution in [-0.4, -0.2) is 38.5 Å². The smallest absolute Gasteiger partial charge is 0.316 e. The molecular formula is C12H20O4S. The first kappa shape index (κ1) is 13.0. The van der Waals surface area contributed by atoms with Crippen molar-refractivity contribution in [3.63, 3.8) is 0 Å². The van der Waals surface area contributed by atoms with E-state index >= 15 is 0 Å². The van der Waals surface area contributed by atoms with Crippen LogP contribution >= 0.6 is 0 Å². The van der Waals surface area contributed by atoms with Gasteiger partial charge in [-0.05, 0) is 25.7 Å². The second-order valence-corrected chi connectivity index (χ2v) is 6.84. The highest BCUT2D eigenvalue weighted by molar-refractivity contribution is 7.86. The Morgan fingerprint density at radius 2 is 2.06 bits per heavy atom. The van der Waals surface area contributed by atoms with Crippen molar-refractivity contribution < 1.29 is 18.8 Å². The van der Waals surface area contributed by atoms with E-state index in [2.05, 4.69) is 0 Å². The fraction of sp³-hybridized carbons (Fsp3) is 0.917. The number of ether oxygens (including phenoxy) is 1. The standard InChI is InChI=1S/C12H20O4S/c13-11(14)9-17(15)10-4-7-16-12(8-10)5-2-1-3-6-12/h10H,1-9H2,(H,13,14). The lowest BCUT2D eigenvalue weighted by Crippen LogP contribution is -2.45. The summed E-state index contributed by atoms with van der Waals surface area (Å²) in [6, 6.07) is 0. The van der Waals surface area contributed by atoms with E-state index in [1.807, 2.05) is 0 Å². The maximum absolute atomic E-state index is 11.9. The summed E-state index contributed by atoms with van der Waals surface area (Å²) in [7, 11) is -1.24. The Bertz CT molecular complexity index is 304. The molecule has 1 spiro atoms. The summed E-state index contributed by atoms with van der Waals surface area (Å²) in [6.45, 7) is 0.635. The number of carboxylic acids is 1. The molecular weight excluding hydrogens is 240 g/mol. The Balaban J connectivity index is 1.96. The summed E-state index contributed by atoms with van der Waals surface area (Å²) >= 11 is 0. The molecule has 2 aliphatic rings. The van der Waals surface area contributed by atoms with Gasteiger partial charge < -0.3 is 9.84 Å². The molecule has 1 aliphatic heterocycles. The summed E-state index contributed by atoms with van der Waals surface area (Å²) in [5.41, 5.74) is -0.0880. The van der Waals surface area contributed by atoms with Crippen LogP contribution in [0.1, 0.15) is 44.9 Å². The van der Waals surface area contributed by atoms with Crippen LogP contribution in [0.5, 0.6) is 0 Å². The van der Waals surface area contributed by atoms with Gasteiger partial charge in [-0.1, -0.05) is 19.3 Å². The van der Waals surface area contributed by atoms with Crippen molar-refractivity contribution in [3.05, 3.63) is 0 Å². The Hall–Kier alpha value is -0.420. The normalized spacial score (nSPS) is 30.0. The Morgan fingerprint density at radius 3 is 2.71 bits per heavy atom. The molecule has 0 aromatic heterocycles. The molecule has 0 aromatic rings. The van der Waals surface area contributed by atoms with Crippen molar-refractivity contribution in [3.8, 4) is 0 Å². The molecule has 2 atom stereocenters. The molecule has 1 heterocycles. The zero-order valence-electron chi connectivity index (χ0n) is 10.0. The van der Waals surface area contributed by atoms with Crippen molar-refractivity contribution in [2.45, 2.75) is 55.8 Å². The highest BCUT2D eigenvalue weighted by Crippen LogP contribution is 2.39. The second kappa shape index (κ2) is 5.48. The van der Waals surface area contributed by atoms with Crippen LogP contribution in [0.2, 0.25) is 0 Å². The van der Waals surface area contributed by atoms with E-state index in [1.165, 1.54) is 19.3 Å². The van der Waals surface area contributed by atoms with Gasteiger partial charge in [0.15, 0.2) is 0 Å². The summed E-state index contributed by atoms with van der Waals surface area (Å²) in [5, 5.41) is 8.70. The molecule has 5 heteroatoms. The minimum atomic E-state index is -1.24. The van der Waals surface area contributed by atoms with E-state index in [0.29, 0.717) is 6.61 Å². The van der Waals surface area contributed by atoms with Crippen LogP contribution in [-0.2, 0) is 20.3 Å². The van der Waals surface area contributed by atoms with Gasteiger partial charge in [-0.2, -0.15) is 0 Å². The minimum absolute atomic E-state index is 0.0120. The highest BCUT2D eigenvalue weighted by Gasteiger charge is 2.40. The third kappa shape index (κ3) is 3.28. The van der Waals surface area contributed by atoms with Crippen LogP contribution in [0.15, 0.2) is 0 Å². The molecule has 1 saturated carbocycles. The second-order valence-electron chi connectivity index (χ2n) is 5.13. The molecule has 2 fully saturated rings. The first-order chi connectivity index (χ1) is 8.11. The van der Waals surface area contributed by atoms with Gasteiger partial charge in [0.2, 0.25) is 0 Å². The average molecular weight is 260 g/mol. The summed E-state index contributed by atoms with van der Waals surface area (Å²) in [4.78, 5) is 10.6. The van der Waals surface area contributed by atoms with Crippen molar-refractivity contribution in [2.24, 2.45) is 0 Å². The Kier molecular flexibility index (Phi) is 4.20. The molecule has 1 aliphatic carbocycles. The van der Waals surface area contributed by atoms with E-state index in [1.54, 1.807) is 0 Å². The van der Waals surface area contributed by atoms with Crippen LogP contribution in [0.3, 0.4) is 0 Å². The molecule has 0 aromatic carbocycles. The maximum Gasteiger partial charge on any atom is 0.316 e. The molecule has 2 rings (SSSR count). The van der Waals surface area contributed by atoms with E-state index < -0.39 is 16.8 Å². The van der Waals surface area contributed by atoms with Gasteiger partial charge in [0.1, 0.15) is 5.75 Å². The van der Waals surface area contributed by atoms with Crippen molar-refractivity contribution in [2.75, 3.05) is 12.4 Å². The summed E-state index contributed by atoms with van der Waals surface area (Å²) in [5.74, 6) is -1.19. The highest BCUT2D eigenvalue weighted by atomic mass is 32.2. The molecule has 2 unspecified atom stereocenters. The van der Waals surface area contributed by atoms with Crippen molar-refractivity contribution >= 4 is 16.8 Å². The maximum atomic E-state index is 11.9. The van der Waals surface area contributed by atoms with Crippen molar-refractivity contribution in [1.82, 2.24) is 0 Å². The van der Waals surface area contributed by atoms with Gasteiger partial charge in [-0.3, -0.25) is 9.00 Å². The van der Waals surface area contributed by atoms with Gasteiger partial charge in [-0.25, -0.2) is 0 Å². The number of aliphatic carboxylic acids is 1. The number of hydrogen-bond donors (Lipinski definition) is 1. The molecule has 17 heavy (non-hydrogen) atoms. The number of carboxylic acid groups (broad SMARTS) is 1. The topological polar surface area (TPSA) is 63.6 Å². The molecule has 1 saturated heterocycles. The largest absolute Gasteiger partial charge is 0.481 e. The minimum Gasteiger partial charge on any atom is -0.481 e. The lowest BCUT2D eigenvalue weighted by atomic mass is 9.80. The molecule has 0 amide bonds. The Morgan fingerprint density at radius 1 is 1.35 bits per heavy atom. The number of rotatable bonds is 3. The first-order valence-corrected chi connectivity index (χ1v) is 7.72. The van der Waals surface area contributed by atoms with E-state index in [4.69, 9.17) is 9.84 Å². The predicted octanol–water partition coefficient (Wildman–Crippen LogP) is 1.70. The lowest BCUT2D eigenvalue weighted by molar-refractivity contribution is -0.134. The fourth-order valence-electron chi connectivity index (χ4n) is 2.99. The van der Waals surface area contributed by atoms with Gasteiger partial charge in [0.05, 0.1) is 5.60 Å². The van der Waals surface area contributed by atoms with E-state index in [-0.39, 0.29) is 16.6 Å². The Labute approximate surface area is 104 Å². The summed E-state index contributed by atoms with van der Waals surface area (Å²) in [6.07, 6.45) is 7.24. The summed E-state index contributed by atoms with van der Waals surface area (Å²) < 4.78 is 17.8. The monoisotopic (exact) mass is 260 g/mol. The molecule has 1 N–H and O–H groups in total. The zero-order valence-corrected chi connectivity index (χ0v) is 10.8. The van der Waals surface area contributed by atoms with Gasteiger partial charge >= 0.3 is 5.97 Å². The van der Waals surface area contributed by atoms with Crippen LogP contribution in [0.25, 0.3) is 0 Å².